The average molecular weight is 256 g/mol. The van der Waals surface area contributed by atoms with Gasteiger partial charge in [-0.1, -0.05) is 12.1 Å². The number of nitriles is 1. The van der Waals surface area contributed by atoms with E-state index >= 15 is 0 Å². The number of ether oxygens (including phenoxy) is 1. The van der Waals surface area contributed by atoms with Crippen LogP contribution in [0.3, 0.4) is 0 Å². The maximum atomic E-state index is 13.5. The zero-order valence-electron chi connectivity index (χ0n) is 10.5. The molecule has 3 nitrogen and oxygen atoms in total. The Hall–Kier alpha value is -2.54. The second-order valence-corrected chi connectivity index (χ2v) is 3.86. The molecule has 0 fully saturated rings. The summed E-state index contributed by atoms with van der Waals surface area (Å²) in [5.41, 5.74) is 1.36. The lowest BCUT2D eigenvalue weighted by Crippen LogP contribution is -1.98. The zero-order chi connectivity index (χ0) is 13.7. The Morgan fingerprint density at radius 2 is 2.05 bits per heavy atom. The highest BCUT2D eigenvalue weighted by Gasteiger charge is 2.05. The highest BCUT2D eigenvalue weighted by atomic mass is 19.1. The summed E-state index contributed by atoms with van der Waals surface area (Å²) in [5, 5.41) is 11.8. The molecule has 0 aliphatic heterocycles. The van der Waals surface area contributed by atoms with Gasteiger partial charge in [0.1, 0.15) is 17.6 Å². The van der Waals surface area contributed by atoms with E-state index in [4.69, 9.17) is 10.00 Å². The van der Waals surface area contributed by atoms with Crippen molar-refractivity contribution in [3.8, 4) is 11.8 Å². The molecule has 1 N–H and O–H groups in total. The van der Waals surface area contributed by atoms with Gasteiger partial charge in [-0.25, -0.2) is 4.39 Å². The second kappa shape index (κ2) is 5.87. The molecule has 0 atom stereocenters. The van der Waals surface area contributed by atoms with Gasteiger partial charge in [0.05, 0.1) is 17.9 Å². The van der Waals surface area contributed by atoms with Crippen molar-refractivity contribution in [1.82, 2.24) is 0 Å². The minimum Gasteiger partial charge on any atom is -0.492 e. The van der Waals surface area contributed by atoms with Gasteiger partial charge in [0, 0.05) is 5.69 Å². The van der Waals surface area contributed by atoms with Gasteiger partial charge in [0.15, 0.2) is 0 Å². The van der Waals surface area contributed by atoms with Crippen molar-refractivity contribution >= 4 is 11.4 Å². The van der Waals surface area contributed by atoms with Gasteiger partial charge in [-0.15, -0.1) is 0 Å². The molecule has 0 aliphatic rings. The summed E-state index contributed by atoms with van der Waals surface area (Å²) < 4.78 is 19.0. The Kier molecular flexibility index (Phi) is 3.99. The van der Waals surface area contributed by atoms with Gasteiger partial charge in [-0.3, -0.25) is 0 Å². The number of para-hydroxylation sites is 2. The van der Waals surface area contributed by atoms with Crippen LogP contribution in [0.2, 0.25) is 0 Å². The Balaban J connectivity index is 2.26. The van der Waals surface area contributed by atoms with Crippen molar-refractivity contribution < 1.29 is 9.13 Å². The number of benzene rings is 2. The lowest BCUT2D eigenvalue weighted by atomic mass is 10.2. The fourth-order valence-electron chi connectivity index (χ4n) is 1.69. The van der Waals surface area contributed by atoms with Crippen LogP contribution in [-0.4, -0.2) is 6.61 Å². The van der Waals surface area contributed by atoms with E-state index in [0.29, 0.717) is 18.0 Å². The number of rotatable bonds is 4. The largest absolute Gasteiger partial charge is 0.492 e. The van der Waals surface area contributed by atoms with Crippen LogP contribution in [0, 0.1) is 17.1 Å². The SMILES string of the molecule is CCOc1ccccc1Nc1ccc(C#N)c(F)c1. The van der Waals surface area contributed by atoms with Crippen LogP contribution in [-0.2, 0) is 0 Å². The molecule has 19 heavy (non-hydrogen) atoms. The molecule has 4 heteroatoms. The van der Waals surface area contributed by atoms with Crippen LogP contribution in [0.15, 0.2) is 42.5 Å². The molecular weight excluding hydrogens is 243 g/mol. The van der Waals surface area contributed by atoms with Gasteiger partial charge in [0.25, 0.3) is 0 Å². The first-order valence-electron chi connectivity index (χ1n) is 5.93. The van der Waals surface area contributed by atoms with E-state index in [1.54, 1.807) is 12.1 Å². The van der Waals surface area contributed by atoms with Gasteiger partial charge in [0.2, 0.25) is 0 Å². The maximum absolute atomic E-state index is 13.5. The molecule has 0 heterocycles. The normalized spacial score (nSPS) is 9.74. The molecule has 0 bridgehead atoms. The van der Waals surface area contributed by atoms with Crippen molar-refractivity contribution in [2.24, 2.45) is 0 Å². The highest BCUT2D eigenvalue weighted by molar-refractivity contribution is 5.66. The standard InChI is InChI=1S/C15H13FN2O/c1-2-19-15-6-4-3-5-14(15)18-12-8-7-11(10-17)13(16)9-12/h3-9,18H,2H2,1H3. The van der Waals surface area contributed by atoms with Crippen molar-refractivity contribution in [2.45, 2.75) is 6.92 Å². The van der Waals surface area contributed by atoms with E-state index in [1.807, 2.05) is 31.2 Å². The van der Waals surface area contributed by atoms with E-state index in [0.717, 1.165) is 5.69 Å². The van der Waals surface area contributed by atoms with E-state index in [2.05, 4.69) is 5.32 Å². The Labute approximate surface area is 111 Å². The smallest absolute Gasteiger partial charge is 0.143 e. The molecule has 2 aromatic rings. The van der Waals surface area contributed by atoms with E-state index < -0.39 is 5.82 Å². The summed E-state index contributed by atoms with van der Waals surface area (Å²) in [6.07, 6.45) is 0. The molecule has 0 spiro atoms. The highest BCUT2D eigenvalue weighted by Crippen LogP contribution is 2.27. The number of halogens is 1. The van der Waals surface area contributed by atoms with Crippen LogP contribution in [0.5, 0.6) is 5.75 Å². The molecule has 0 aromatic heterocycles. The molecule has 0 aliphatic carbocycles. The first-order chi connectivity index (χ1) is 9.24. The molecule has 2 aromatic carbocycles. The molecule has 0 saturated heterocycles. The minimum atomic E-state index is -0.540. The third-order valence-corrected chi connectivity index (χ3v) is 2.56. The average Bonchev–Trinajstić information content (AvgIpc) is 2.41. The first kappa shape index (κ1) is 12.9. The molecule has 2 rings (SSSR count). The fraction of sp³-hybridized carbons (Fsp3) is 0.133. The van der Waals surface area contributed by atoms with Crippen molar-refractivity contribution in [1.29, 1.82) is 5.26 Å². The number of nitrogens with zero attached hydrogens (tertiary/aromatic N) is 1. The molecule has 0 amide bonds. The second-order valence-electron chi connectivity index (χ2n) is 3.86. The van der Waals surface area contributed by atoms with Crippen LogP contribution >= 0.6 is 0 Å². The van der Waals surface area contributed by atoms with Gasteiger partial charge in [-0.05, 0) is 37.3 Å². The molecular formula is C15H13FN2O. The van der Waals surface area contributed by atoms with Crippen molar-refractivity contribution in [3.63, 3.8) is 0 Å². The van der Waals surface area contributed by atoms with Gasteiger partial charge < -0.3 is 10.1 Å². The summed E-state index contributed by atoms with van der Waals surface area (Å²) in [6, 6.07) is 13.6. The number of hydrogen-bond acceptors (Lipinski definition) is 3. The zero-order valence-corrected chi connectivity index (χ0v) is 10.5. The lowest BCUT2D eigenvalue weighted by molar-refractivity contribution is 0.342. The van der Waals surface area contributed by atoms with Crippen molar-refractivity contribution in [2.75, 3.05) is 11.9 Å². The third kappa shape index (κ3) is 3.02. The van der Waals surface area contributed by atoms with Crippen LogP contribution < -0.4 is 10.1 Å². The van der Waals surface area contributed by atoms with Gasteiger partial charge in [-0.2, -0.15) is 5.26 Å². The van der Waals surface area contributed by atoms with Crippen LogP contribution in [0.25, 0.3) is 0 Å². The van der Waals surface area contributed by atoms with E-state index in [-0.39, 0.29) is 5.56 Å². The van der Waals surface area contributed by atoms with Crippen molar-refractivity contribution in [3.05, 3.63) is 53.8 Å². The number of hydrogen-bond donors (Lipinski definition) is 1. The van der Waals surface area contributed by atoms with E-state index in [1.165, 1.54) is 12.1 Å². The first-order valence-corrected chi connectivity index (χ1v) is 5.93. The number of anilines is 2. The Morgan fingerprint density at radius 3 is 2.74 bits per heavy atom. The predicted octanol–water partition coefficient (Wildman–Crippen LogP) is 3.84. The molecule has 96 valence electrons. The topological polar surface area (TPSA) is 45.0 Å². The number of nitrogens with one attached hydrogen (secondary N) is 1. The molecule has 0 saturated carbocycles. The van der Waals surface area contributed by atoms with Crippen LogP contribution in [0.4, 0.5) is 15.8 Å². The Bertz CT molecular complexity index is 620. The van der Waals surface area contributed by atoms with E-state index in [9.17, 15) is 4.39 Å². The monoisotopic (exact) mass is 256 g/mol. The molecule has 0 radical (unpaired) electrons. The lowest BCUT2D eigenvalue weighted by Gasteiger charge is -2.12. The summed E-state index contributed by atoms with van der Waals surface area (Å²) in [5.74, 6) is 0.163. The fourth-order valence-corrected chi connectivity index (χ4v) is 1.69. The summed E-state index contributed by atoms with van der Waals surface area (Å²) in [4.78, 5) is 0. The predicted molar refractivity (Wildman–Crippen MR) is 72.0 cm³/mol. The summed E-state index contributed by atoms with van der Waals surface area (Å²) >= 11 is 0. The minimum absolute atomic E-state index is 0.0312. The van der Waals surface area contributed by atoms with Gasteiger partial charge >= 0.3 is 0 Å². The van der Waals surface area contributed by atoms with Crippen LogP contribution in [0.1, 0.15) is 12.5 Å². The molecule has 0 unspecified atom stereocenters. The summed E-state index contributed by atoms with van der Waals surface area (Å²) in [7, 11) is 0. The Morgan fingerprint density at radius 1 is 1.26 bits per heavy atom. The maximum Gasteiger partial charge on any atom is 0.143 e. The quantitative estimate of drug-likeness (QED) is 0.903. The third-order valence-electron chi connectivity index (χ3n) is 2.56. The summed E-state index contributed by atoms with van der Waals surface area (Å²) in [6.45, 7) is 2.46.